The van der Waals surface area contributed by atoms with Crippen LogP contribution in [0.3, 0.4) is 0 Å². The second-order valence-corrected chi connectivity index (χ2v) is 3.96. The van der Waals surface area contributed by atoms with E-state index in [1.165, 1.54) is 6.42 Å². The van der Waals surface area contributed by atoms with Crippen LogP contribution in [0.4, 0.5) is 5.69 Å². The van der Waals surface area contributed by atoms with Gasteiger partial charge >= 0.3 is 0 Å². The normalized spacial score (nSPS) is 24.1. The van der Waals surface area contributed by atoms with Crippen molar-refractivity contribution in [1.29, 1.82) is 5.26 Å². The number of nitrogens with one attached hydrogen (secondary N) is 1. The van der Waals surface area contributed by atoms with Crippen LogP contribution in [0.15, 0.2) is 12.1 Å². The maximum atomic E-state index is 8.75. The standard InChI is InChI=1S/C11H13N3/c1-7-3-11(7)14-9-4-8(2)13-10(5-9)6-12/h4-5,7,11H,3H2,1-2H3,(H,13,14)/t7-,11-/m1/s1. The van der Waals surface area contributed by atoms with Crippen molar-refractivity contribution in [2.24, 2.45) is 5.92 Å². The van der Waals surface area contributed by atoms with Gasteiger partial charge in [-0.2, -0.15) is 5.26 Å². The first-order valence-corrected chi connectivity index (χ1v) is 4.84. The topological polar surface area (TPSA) is 48.7 Å². The summed E-state index contributed by atoms with van der Waals surface area (Å²) in [6, 6.07) is 6.43. The van der Waals surface area contributed by atoms with Gasteiger partial charge < -0.3 is 5.32 Å². The Morgan fingerprint density at radius 1 is 1.57 bits per heavy atom. The van der Waals surface area contributed by atoms with Crippen LogP contribution < -0.4 is 5.32 Å². The van der Waals surface area contributed by atoms with Crippen molar-refractivity contribution >= 4 is 5.69 Å². The molecular weight excluding hydrogens is 174 g/mol. The molecule has 1 heterocycles. The maximum absolute atomic E-state index is 8.75. The van der Waals surface area contributed by atoms with Gasteiger partial charge in [0.2, 0.25) is 0 Å². The molecule has 14 heavy (non-hydrogen) atoms. The summed E-state index contributed by atoms with van der Waals surface area (Å²) in [4.78, 5) is 4.10. The van der Waals surface area contributed by atoms with Crippen LogP contribution in [0.2, 0.25) is 0 Å². The third-order valence-electron chi connectivity index (χ3n) is 2.53. The third kappa shape index (κ3) is 1.85. The molecule has 1 aromatic heterocycles. The second kappa shape index (κ2) is 3.30. The zero-order chi connectivity index (χ0) is 10.1. The highest BCUT2D eigenvalue weighted by Gasteiger charge is 2.32. The molecule has 1 aliphatic carbocycles. The fourth-order valence-corrected chi connectivity index (χ4v) is 1.55. The Kier molecular flexibility index (Phi) is 2.12. The molecule has 1 saturated carbocycles. The lowest BCUT2D eigenvalue weighted by Gasteiger charge is -2.05. The van der Waals surface area contributed by atoms with Crippen molar-refractivity contribution in [2.45, 2.75) is 26.3 Å². The Balaban J connectivity index is 2.17. The molecule has 3 nitrogen and oxygen atoms in total. The second-order valence-electron chi connectivity index (χ2n) is 3.96. The summed E-state index contributed by atoms with van der Waals surface area (Å²) in [5, 5.41) is 12.1. The van der Waals surface area contributed by atoms with Crippen LogP contribution in [-0.2, 0) is 0 Å². The minimum atomic E-state index is 0.487. The van der Waals surface area contributed by atoms with Crippen molar-refractivity contribution in [2.75, 3.05) is 5.32 Å². The zero-order valence-electron chi connectivity index (χ0n) is 8.41. The number of aryl methyl sites for hydroxylation is 1. The highest BCUT2D eigenvalue weighted by molar-refractivity contribution is 5.49. The van der Waals surface area contributed by atoms with Crippen LogP contribution in [0.25, 0.3) is 0 Å². The lowest BCUT2D eigenvalue weighted by atomic mass is 10.2. The number of nitrogens with zero attached hydrogens (tertiary/aromatic N) is 2. The smallest absolute Gasteiger partial charge is 0.142 e. The van der Waals surface area contributed by atoms with Gasteiger partial charge in [0.15, 0.2) is 0 Å². The van der Waals surface area contributed by atoms with Gasteiger partial charge in [0.25, 0.3) is 0 Å². The van der Waals surface area contributed by atoms with Crippen molar-refractivity contribution in [1.82, 2.24) is 4.98 Å². The van der Waals surface area contributed by atoms with Gasteiger partial charge in [-0.05, 0) is 31.4 Å². The van der Waals surface area contributed by atoms with E-state index >= 15 is 0 Å². The molecule has 2 atom stereocenters. The Labute approximate surface area is 83.8 Å². The average Bonchev–Trinajstić information content (AvgIpc) is 2.80. The number of nitriles is 1. The third-order valence-corrected chi connectivity index (χ3v) is 2.53. The predicted molar refractivity (Wildman–Crippen MR) is 54.9 cm³/mol. The van der Waals surface area contributed by atoms with Gasteiger partial charge in [0.1, 0.15) is 11.8 Å². The molecule has 0 saturated heterocycles. The zero-order valence-corrected chi connectivity index (χ0v) is 8.41. The van der Waals surface area contributed by atoms with Crippen LogP contribution in [0.5, 0.6) is 0 Å². The lowest BCUT2D eigenvalue weighted by molar-refractivity contribution is 0.928. The Bertz CT molecular complexity index is 392. The number of aromatic nitrogens is 1. The summed E-state index contributed by atoms with van der Waals surface area (Å²) in [7, 11) is 0. The van der Waals surface area contributed by atoms with Gasteiger partial charge in [-0.3, -0.25) is 0 Å². The first-order valence-electron chi connectivity index (χ1n) is 4.84. The molecular formula is C11H13N3. The van der Waals surface area contributed by atoms with E-state index in [1.807, 2.05) is 13.0 Å². The summed E-state index contributed by atoms with van der Waals surface area (Å²) in [6.45, 7) is 4.12. The number of hydrogen-bond acceptors (Lipinski definition) is 3. The van der Waals surface area contributed by atoms with Crippen molar-refractivity contribution in [3.63, 3.8) is 0 Å². The maximum Gasteiger partial charge on any atom is 0.142 e. The molecule has 1 aromatic rings. The van der Waals surface area contributed by atoms with E-state index in [1.54, 1.807) is 6.07 Å². The van der Waals surface area contributed by atoms with E-state index in [9.17, 15) is 0 Å². The molecule has 72 valence electrons. The number of anilines is 1. The molecule has 2 rings (SSSR count). The molecule has 0 aromatic carbocycles. The molecule has 1 fully saturated rings. The summed E-state index contributed by atoms with van der Waals surface area (Å²) < 4.78 is 0. The summed E-state index contributed by atoms with van der Waals surface area (Å²) in [6.07, 6.45) is 1.23. The van der Waals surface area contributed by atoms with E-state index in [-0.39, 0.29) is 0 Å². The Morgan fingerprint density at radius 3 is 2.86 bits per heavy atom. The fraction of sp³-hybridized carbons (Fsp3) is 0.455. The van der Waals surface area contributed by atoms with Crippen molar-refractivity contribution in [3.8, 4) is 6.07 Å². The lowest BCUT2D eigenvalue weighted by Crippen LogP contribution is -2.04. The van der Waals surface area contributed by atoms with E-state index in [2.05, 4.69) is 23.3 Å². The quantitative estimate of drug-likeness (QED) is 0.771. The van der Waals surface area contributed by atoms with Gasteiger partial charge in [0, 0.05) is 17.4 Å². The molecule has 3 heteroatoms. The molecule has 1 N–H and O–H groups in total. The SMILES string of the molecule is Cc1cc(N[C@@H]2C[C@H]2C)cc(C#N)n1. The molecule has 0 aliphatic heterocycles. The molecule has 0 unspecified atom stereocenters. The molecule has 1 aliphatic rings. The van der Waals surface area contributed by atoms with Crippen molar-refractivity contribution in [3.05, 3.63) is 23.5 Å². The highest BCUT2D eigenvalue weighted by Crippen LogP contribution is 2.32. The molecule has 0 spiro atoms. The van der Waals surface area contributed by atoms with E-state index < -0.39 is 0 Å². The summed E-state index contributed by atoms with van der Waals surface area (Å²) in [5.41, 5.74) is 2.39. The highest BCUT2D eigenvalue weighted by atomic mass is 15.0. The molecule has 0 radical (unpaired) electrons. The van der Waals surface area contributed by atoms with Gasteiger partial charge in [-0.1, -0.05) is 6.92 Å². The average molecular weight is 187 g/mol. The molecule has 0 amide bonds. The van der Waals surface area contributed by atoms with Crippen LogP contribution in [0, 0.1) is 24.2 Å². The first kappa shape index (κ1) is 9.01. The summed E-state index contributed by atoms with van der Waals surface area (Å²) in [5.74, 6) is 0.758. The van der Waals surface area contributed by atoms with Gasteiger partial charge in [-0.25, -0.2) is 4.98 Å². The van der Waals surface area contributed by atoms with Crippen LogP contribution in [-0.4, -0.2) is 11.0 Å². The van der Waals surface area contributed by atoms with E-state index in [4.69, 9.17) is 5.26 Å². The first-order chi connectivity index (χ1) is 6.69. The van der Waals surface area contributed by atoms with E-state index in [0.717, 1.165) is 17.3 Å². The molecule has 0 bridgehead atoms. The monoisotopic (exact) mass is 187 g/mol. The minimum absolute atomic E-state index is 0.487. The Morgan fingerprint density at radius 2 is 2.29 bits per heavy atom. The van der Waals surface area contributed by atoms with Gasteiger partial charge in [-0.15, -0.1) is 0 Å². The largest absolute Gasteiger partial charge is 0.382 e. The van der Waals surface area contributed by atoms with Gasteiger partial charge in [0.05, 0.1) is 0 Å². The summed E-state index contributed by atoms with van der Waals surface area (Å²) >= 11 is 0. The predicted octanol–water partition coefficient (Wildman–Crippen LogP) is 2.08. The number of hydrogen-bond donors (Lipinski definition) is 1. The minimum Gasteiger partial charge on any atom is -0.382 e. The van der Waals surface area contributed by atoms with Crippen molar-refractivity contribution < 1.29 is 0 Å². The number of pyridine rings is 1. The number of rotatable bonds is 2. The Hall–Kier alpha value is -1.56. The van der Waals surface area contributed by atoms with Crippen LogP contribution in [0.1, 0.15) is 24.7 Å². The fourth-order valence-electron chi connectivity index (χ4n) is 1.55. The van der Waals surface area contributed by atoms with E-state index in [0.29, 0.717) is 11.7 Å². The van der Waals surface area contributed by atoms with Crippen LogP contribution >= 0.6 is 0 Å².